The minimum Gasteiger partial charge on any atom is -0.383 e. The number of nitrogens with two attached hydrogens (primary N) is 1. The van der Waals surface area contributed by atoms with Gasteiger partial charge in [-0.1, -0.05) is 0 Å². The first kappa shape index (κ1) is 9.65. The Hall–Kier alpha value is 0.1000. The molecule has 0 radical (unpaired) electrons. The zero-order valence-corrected chi connectivity index (χ0v) is 9.57. The molecule has 0 aliphatic heterocycles. The van der Waals surface area contributed by atoms with Gasteiger partial charge in [-0.25, -0.2) is 0 Å². The van der Waals surface area contributed by atoms with E-state index >= 15 is 0 Å². The molecule has 1 aliphatic carbocycles. The number of halogens is 1. The lowest BCUT2D eigenvalue weighted by Crippen LogP contribution is -2.36. The molecule has 0 bridgehead atoms. The molecular formula is C9H12BrNOS. The van der Waals surface area contributed by atoms with E-state index in [-0.39, 0.29) is 0 Å². The van der Waals surface area contributed by atoms with Gasteiger partial charge >= 0.3 is 0 Å². The van der Waals surface area contributed by atoms with Crippen molar-refractivity contribution in [3.63, 3.8) is 0 Å². The van der Waals surface area contributed by atoms with Crippen molar-refractivity contribution in [3.8, 4) is 0 Å². The van der Waals surface area contributed by atoms with Crippen molar-refractivity contribution >= 4 is 27.3 Å². The van der Waals surface area contributed by atoms with Crippen LogP contribution in [0.2, 0.25) is 0 Å². The topological polar surface area (TPSA) is 46.2 Å². The fourth-order valence-electron chi connectivity index (χ4n) is 1.57. The number of aliphatic hydroxyl groups is 1. The summed E-state index contributed by atoms with van der Waals surface area (Å²) in [5, 5.41) is 12.3. The summed E-state index contributed by atoms with van der Waals surface area (Å²) in [6, 6.07) is 1.97. The van der Waals surface area contributed by atoms with E-state index in [2.05, 4.69) is 15.9 Å². The van der Waals surface area contributed by atoms with Gasteiger partial charge in [0.15, 0.2) is 0 Å². The van der Waals surface area contributed by atoms with Gasteiger partial charge in [-0.05, 0) is 40.8 Å². The molecule has 1 atom stereocenters. The Bertz CT molecular complexity index is 310. The first-order valence-corrected chi connectivity index (χ1v) is 6.01. The standard InChI is InChI=1S/C9H12BrNOS/c10-7-3-8(13-4-7)9(12,5-11)6-1-2-6/h3-4,6,12H,1-2,5,11H2. The van der Waals surface area contributed by atoms with Crippen molar-refractivity contribution in [1.82, 2.24) is 0 Å². The van der Waals surface area contributed by atoms with Gasteiger partial charge in [0.05, 0.1) is 0 Å². The predicted molar refractivity (Wildman–Crippen MR) is 57.7 cm³/mol. The molecule has 1 fully saturated rings. The second-order valence-corrected chi connectivity index (χ2v) is 5.36. The average molecular weight is 262 g/mol. The third kappa shape index (κ3) is 1.68. The molecule has 1 aromatic heterocycles. The monoisotopic (exact) mass is 261 g/mol. The van der Waals surface area contributed by atoms with Gasteiger partial charge in [0.2, 0.25) is 0 Å². The van der Waals surface area contributed by atoms with Crippen molar-refractivity contribution in [1.29, 1.82) is 0 Å². The Kier molecular flexibility index (Phi) is 2.49. The molecule has 1 saturated carbocycles. The van der Waals surface area contributed by atoms with Gasteiger partial charge < -0.3 is 10.8 Å². The third-order valence-corrected chi connectivity index (χ3v) is 4.42. The molecule has 13 heavy (non-hydrogen) atoms. The maximum Gasteiger partial charge on any atom is 0.114 e. The molecular weight excluding hydrogens is 250 g/mol. The van der Waals surface area contributed by atoms with Crippen LogP contribution in [0.25, 0.3) is 0 Å². The normalized spacial score (nSPS) is 21.5. The smallest absolute Gasteiger partial charge is 0.114 e. The fourth-order valence-corrected chi connectivity index (χ4v) is 3.19. The van der Waals surface area contributed by atoms with Crippen LogP contribution in [-0.2, 0) is 5.60 Å². The Morgan fingerprint density at radius 3 is 2.77 bits per heavy atom. The van der Waals surface area contributed by atoms with Gasteiger partial charge in [-0.3, -0.25) is 0 Å². The van der Waals surface area contributed by atoms with Crippen LogP contribution >= 0.6 is 27.3 Å². The van der Waals surface area contributed by atoms with E-state index < -0.39 is 5.60 Å². The number of thiophene rings is 1. The first-order valence-electron chi connectivity index (χ1n) is 4.34. The van der Waals surface area contributed by atoms with Gasteiger partial charge in [-0.2, -0.15) is 0 Å². The van der Waals surface area contributed by atoms with E-state index in [1.807, 2.05) is 11.4 Å². The SMILES string of the molecule is NCC(O)(c1cc(Br)cs1)C1CC1. The summed E-state index contributed by atoms with van der Waals surface area (Å²) in [5.74, 6) is 0.378. The second-order valence-electron chi connectivity index (χ2n) is 3.53. The van der Waals surface area contributed by atoms with Crippen molar-refractivity contribution in [2.24, 2.45) is 11.7 Å². The van der Waals surface area contributed by atoms with Crippen LogP contribution in [0.1, 0.15) is 17.7 Å². The van der Waals surface area contributed by atoms with Crippen LogP contribution in [0.5, 0.6) is 0 Å². The Morgan fingerprint density at radius 1 is 1.69 bits per heavy atom. The lowest BCUT2D eigenvalue weighted by Gasteiger charge is -2.24. The Labute approximate surface area is 89.9 Å². The Morgan fingerprint density at radius 2 is 2.38 bits per heavy atom. The second kappa shape index (κ2) is 3.35. The van der Waals surface area contributed by atoms with Crippen molar-refractivity contribution in [2.45, 2.75) is 18.4 Å². The summed E-state index contributed by atoms with van der Waals surface area (Å²) in [6.07, 6.45) is 2.20. The molecule has 72 valence electrons. The maximum absolute atomic E-state index is 10.3. The molecule has 4 heteroatoms. The van der Waals surface area contributed by atoms with Gasteiger partial charge in [0, 0.05) is 21.3 Å². The van der Waals surface area contributed by atoms with E-state index in [0.29, 0.717) is 12.5 Å². The molecule has 1 aromatic rings. The highest BCUT2D eigenvalue weighted by molar-refractivity contribution is 9.10. The summed E-state index contributed by atoms with van der Waals surface area (Å²) >= 11 is 4.95. The summed E-state index contributed by atoms with van der Waals surface area (Å²) in [4.78, 5) is 0.990. The van der Waals surface area contributed by atoms with E-state index in [1.54, 1.807) is 11.3 Å². The van der Waals surface area contributed by atoms with E-state index in [1.165, 1.54) is 0 Å². The number of hydrogen-bond donors (Lipinski definition) is 2. The van der Waals surface area contributed by atoms with Crippen LogP contribution in [-0.4, -0.2) is 11.7 Å². The molecule has 0 aromatic carbocycles. The van der Waals surface area contributed by atoms with Gasteiger partial charge in [-0.15, -0.1) is 11.3 Å². The van der Waals surface area contributed by atoms with E-state index in [9.17, 15) is 5.11 Å². The third-order valence-electron chi connectivity index (χ3n) is 2.56. The molecule has 1 unspecified atom stereocenters. The summed E-state index contributed by atoms with van der Waals surface area (Å²) in [6.45, 7) is 0.324. The highest BCUT2D eigenvalue weighted by Crippen LogP contribution is 2.47. The molecule has 0 saturated heterocycles. The predicted octanol–water partition coefficient (Wildman–Crippen LogP) is 2.07. The average Bonchev–Trinajstić information content (AvgIpc) is 2.89. The first-order chi connectivity index (χ1) is 6.16. The molecule has 0 amide bonds. The summed E-state index contributed by atoms with van der Waals surface area (Å²) < 4.78 is 1.03. The van der Waals surface area contributed by atoms with Crippen LogP contribution < -0.4 is 5.73 Å². The van der Waals surface area contributed by atoms with Crippen molar-refractivity contribution < 1.29 is 5.11 Å². The van der Waals surface area contributed by atoms with Crippen LogP contribution in [0.15, 0.2) is 15.9 Å². The molecule has 3 N–H and O–H groups in total. The lowest BCUT2D eigenvalue weighted by molar-refractivity contribution is 0.0259. The number of rotatable bonds is 3. The largest absolute Gasteiger partial charge is 0.383 e. The molecule has 2 rings (SSSR count). The fraction of sp³-hybridized carbons (Fsp3) is 0.556. The quantitative estimate of drug-likeness (QED) is 0.875. The van der Waals surface area contributed by atoms with Crippen LogP contribution in [0, 0.1) is 5.92 Å². The van der Waals surface area contributed by atoms with E-state index in [0.717, 1.165) is 22.2 Å². The minimum absolute atomic E-state index is 0.324. The zero-order chi connectivity index (χ0) is 9.47. The Balaban J connectivity index is 2.29. The highest BCUT2D eigenvalue weighted by Gasteiger charge is 2.44. The number of hydrogen-bond acceptors (Lipinski definition) is 3. The van der Waals surface area contributed by atoms with Crippen molar-refractivity contribution in [3.05, 3.63) is 20.8 Å². The van der Waals surface area contributed by atoms with Crippen LogP contribution in [0.3, 0.4) is 0 Å². The zero-order valence-electron chi connectivity index (χ0n) is 7.16. The highest BCUT2D eigenvalue weighted by atomic mass is 79.9. The minimum atomic E-state index is -0.767. The van der Waals surface area contributed by atoms with Gasteiger partial charge in [0.25, 0.3) is 0 Å². The molecule has 2 nitrogen and oxygen atoms in total. The molecule has 0 spiro atoms. The van der Waals surface area contributed by atoms with E-state index in [4.69, 9.17) is 5.73 Å². The summed E-state index contributed by atoms with van der Waals surface area (Å²) in [5.41, 5.74) is 4.86. The lowest BCUT2D eigenvalue weighted by atomic mass is 9.96. The summed E-state index contributed by atoms with van der Waals surface area (Å²) in [7, 11) is 0. The molecule has 1 heterocycles. The van der Waals surface area contributed by atoms with Crippen LogP contribution in [0.4, 0.5) is 0 Å². The van der Waals surface area contributed by atoms with Crippen molar-refractivity contribution in [2.75, 3.05) is 6.54 Å². The maximum atomic E-state index is 10.3. The molecule has 1 aliphatic rings. The van der Waals surface area contributed by atoms with Gasteiger partial charge in [0.1, 0.15) is 5.60 Å².